The minimum Gasteiger partial charge on any atom is -0.493 e. The summed E-state index contributed by atoms with van der Waals surface area (Å²) in [5.41, 5.74) is 2.05. The number of benzene rings is 3. The third kappa shape index (κ3) is 4.20. The van der Waals surface area contributed by atoms with Crippen molar-refractivity contribution >= 4 is 21.8 Å². The van der Waals surface area contributed by atoms with Crippen molar-refractivity contribution in [3.8, 4) is 17.2 Å². The van der Waals surface area contributed by atoms with Crippen molar-refractivity contribution < 1.29 is 19.3 Å². The zero-order valence-corrected chi connectivity index (χ0v) is 17.1. The first-order chi connectivity index (χ1) is 14.7. The van der Waals surface area contributed by atoms with Gasteiger partial charge in [-0.25, -0.2) is 0 Å². The van der Waals surface area contributed by atoms with E-state index in [-0.39, 0.29) is 0 Å². The van der Waals surface area contributed by atoms with E-state index < -0.39 is 12.3 Å². The zero-order valence-electron chi connectivity index (χ0n) is 17.1. The Bertz CT molecular complexity index is 1120. The van der Waals surface area contributed by atoms with E-state index in [0.29, 0.717) is 30.4 Å². The Balaban J connectivity index is 1.45. The first kappa shape index (κ1) is 20.1. The van der Waals surface area contributed by atoms with E-state index in [1.165, 1.54) is 0 Å². The summed E-state index contributed by atoms with van der Waals surface area (Å²) in [5.74, 6) is 2.08. The molecule has 6 nitrogen and oxygen atoms in total. The standard InChI is InChI=1S/C24H26N2O4/c1-16(27)24(25-14-15-29-21-12-6-5-11-20(21)28-2)30-22-13-7-10-19-23(22)17-8-3-4-9-18(17)26-19/h3-13,16,24-27H,14-15H2,1-2H3. The van der Waals surface area contributed by atoms with Crippen LogP contribution in [0.2, 0.25) is 0 Å². The maximum absolute atomic E-state index is 10.3. The molecule has 1 heterocycles. The number of aromatic nitrogens is 1. The van der Waals surface area contributed by atoms with E-state index in [2.05, 4.69) is 16.4 Å². The molecule has 0 fully saturated rings. The molecule has 0 aliphatic rings. The second-order valence-electron chi connectivity index (χ2n) is 7.08. The summed E-state index contributed by atoms with van der Waals surface area (Å²) in [6, 6.07) is 21.5. The van der Waals surface area contributed by atoms with Crippen LogP contribution in [0.4, 0.5) is 0 Å². The van der Waals surface area contributed by atoms with E-state index in [1.807, 2.05) is 60.7 Å². The number of hydrogen-bond donors (Lipinski definition) is 3. The van der Waals surface area contributed by atoms with Crippen LogP contribution in [0.15, 0.2) is 66.7 Å². The lowest BCUT2D eigenvalue weighted by molar-refractivity contribution is 0.0260. The molecule has 4 aromatic rings. The molecule has 0 bridgehead atoms. The van der Waals surface area contributed by atoms with Crippen LogP contribution in [0.3, 0.4) is 0 Å². The maximum Gasteiger partial charge on any atom is 0.176 e. The number of H-pyrrole nitrogens is 1. The van der Waals surface area contributed by atoms with Crippen molar-refractivity contribution in [2.24, 2.45) is 0 Å². The van der Waals surface area contributed by atoms with Gasteiger partial charge < -0.3 is 24.3 Å². The van der Waals surface area contributed by atoms with Gasteiger partial charge in [-0.1, -0.05) is 36.4 Å². The molecule has 0 aliphatic carbocycles. The predicted molar refractivity (Wildman–Crippen MR) is 118 cm³/mol. The van der Waals surface area contributed by atoms with Gasteiger partial charge in [0.25, 0.3) is 0 Å². The Labute approximate surface area is 175 Å². The number of aromatic amines is 1. The van der Waals surface area contributed by atoms with Gasteiger partial charge in [-0.05, 0) is 37.3 Å². The van der Waals surface area contributed by atoms with Gasteiger partial charge in [0, 0.05) is 22.8 Å². The van der Waals surface area contributed by atoms with Crippen LogP contribution in [0.1, 0.15) is 6.92 Å². The molecule has 2 atom stereocenters. The Morgan fingerprint density at radius 2 is 1.60 bits per heavy atom. The molecule has 0 saturated heterocycles. The van der Waals surface area contributed by atoms with Crippen molar-refractivity contribution in [2.45, 2.75) is 19.3 Å². The molecule has 0 aliphatic heterocycles. The second-order valence-corrected chi connectivity index (χ2v) is 7.08. The van der Waals surface area contributed by atoms with Crippen LogP contribution in [0.25, 0.3) is 21.8 Å². The van der Waals surface area contributed by atoms with E-state index >= 15 is 0 Å². The molecule has 4 rings (SSSR count). The number of para-hydroxylation sites is 3. The van der Waals surface area contributed by atoms with Crippen LogP contribution in [0.5, 0.6) is 17.2 Å². The average Bonchev–Trinajstić information content (AvgIpc) is 3.15. The van der Waals surface area contributed by atoms with Gasteiger partial charge in [-0.2, -0.15) is 0 Å². The fraction of sp³-hybridized carbons (Fsp3) is 0.250. The van der Waals surface area contributed by atoms with E-state index in [4.69, 9.17) is 14.2 Å². The molecule has 3 N–H and O–H groups in total. The van der Waals surface area contributed by atoms with Crippen molar-refractivity contribution in [3.05, 3.63) is 66.7 Å². The van der Waals surface area contributed by atoms with Crippen molar-refractivity contribution in [2.75, 3.05) is 20.3 Å². The first-order valence-electron chi connectivity index (χ1n) is 10.0. The van der Waals surface area contributed by atoms with Crippen molar-refractivity contribution in [3.63, 3.8) is 0 Å². The van der Waals surface area contributed by atoms with E-state index in [9.17, 15) is 5.11 Å². The molecule has 1 aromatic heterocycles. The molecule has 30 heavy (non-hydrogen) atoms. The quantitative estimate of drug-likeness (QED) is 0.288. The minimum absolute atomic E-state index is 0.407. The summed E-state index contributed by atoms with van der Waals surface area (Å²) in [6.45, 7) is 2.61. The summed E-state index contributed by atoms with van der Waals surface area (Å²) in [5, 5.41) is 15.6. The van der Waals surface area contributed by atoms with Crippen LogP contribution in [-0.2, 0) is 0 Å². The number of rotatable bonds is 9. The molecule has 0 saturated carbocycles. The van der Waals surface area contributed by atoms with Crippen molar-refractivity contribution in [1.29, 1.82) is 0 Å². The second kappa shape index (κ2) is 9.07. The fourth-order valence-electron chi connectivity index (χ4n) is 3.51. The van der Waals surface area contributed by atoms with Gasteiger partial charge in [0.1, 0.15) is 18.5 Å². The predicted octanol–water partition coefficient (Wildman–Crippen LogP) is 4.08. The monoisotopic (exact) mass is 406 g/mol. The number of aliphatic hydroxyl groups excluding tert-OH is 1. The lowest BCUT2D eigenvalue weighted by atomic mass is 10.1. The molecule has 0 radical (unpaired) electrons. The highest BCUT2D eigenvalue weighted by atomic mass is 16.5. The van der Waals surface area contributed by atoms with Crippen LogP contribution in [0, 0.1) is 0 Å². The number of hydrogen-bond acceptors (Lipinski definition) is 5. The number of aliphatic hydroxyl groups is 1. The summed E-state index contributed by atoms with van der Waals surface area (Å²) in [7, 11) is 1.61. The van der Waals surface area contributed by atoms with Gasteiger partial charge in [0.15, 0.2) is 17.7 Å². The fourth-order valence-corrected chi connectivity index (χ4v) is 3.51. The number of fused-ring (bicyclic) bond motifs is 3. The van der Waals surface area contributed by atoms with Crippen LogP contribution >= 0.6 is 0 Å². The molecule has 6 heteroatoms. The van der Waals surface area contributed by atoms with Crippen LogP contribution < -0.4 is 19.5 Å². The minimum atomic E-state index is -0.711. The van der Waals surface area contributed by atoms with Gasteiger partial charge in [0.05, 0.1) is 12.6 Å². The highest BCUT2D eigenvalue weighted by Gasteiger charge is 2.19. The summed E-state index contributed by atoms with van der Waals surface area (Å²) >= 11 is 0. The Hall–Kier alpha value is -3.22. The molecule has 3 aromatic carbocycles. The third-order valence-corrected chi connectivity index (χ3v) is 4.96. The summed E-state index contributed by atoms with van der Waals surface area (Å²) in [4.78, 5) is 3.41. The average molecular weight is 406 g/mol. The Morgan fingerprint density at radius 1 is 0.900 bits per heavy atom. The van der Waals surface area contributed by atoms with Crippen molar-refractivity contribution in [1.82, 2.24) is 10.3 Å². The maximum atomic E-state index is 10.3. The normalized spacial score (nSPS) is 13.3. The number of ether oxygens (including phenoxy) is 3. The SMILES string of the molecule is COc1ccccc1OCCNC(Oc1cccc2[nH]c3ccccc3c12)C(C)O. The number of nitrogens with one attached hydrogen (secondary N) is 2. The Kier molecular flexibility index (Phi) is 6.07. The van der Waals surface area contributed by atoms with Gasteiger partial charge >= 0.3 is 0 Å². The summed E-state index contributed by atoms with van der Waals surface area (Å²) < 4.78 is 17.3. The third-order valence-electron chi connectivity index (χ3n) is 4.96. The number of methoxy groups -OCH3 is 1. The molecule has 0 spiro atoms. The lowest BCUT2D eigenvalue weighted by Gasteiger charge is -2.23. The smallest absolute Gasteiger partial charge is 0.176 e. The van der Waals surface area contributed by atoms with E-state index in [1.54, 1.807) is 14.0 Å². The van der Waals surface area contributed by atoms with E-state index in [0.717, 1.165) is 21.8 Å². The molecular formula is C24H26N2O4. The zero-order chi connectivity index (χ0) is 20.9. The molecule has 2 unspecified atom stereocenters. The van der Waals surface area contributed by atoms with Crippen LogP contribution in [-0.4, -0.2) is 42.7 Å². The first-order valence-corrected chi connectivity index (χ1v) is 10.0. The molecule has 156 valence electrons. The lowest BCUT2D eigenvalue weighted by Crippen LogP contribution is -2.44. The summed E-state index contributed by atoms with van der Waals surface area (Å²) in [6.07, 6.45) is -1.29. The van der Waals surface area contributed by atoms with Gasteiger partial charge in [-0.15, -0.1) is 0 Å². The highest BCUT2D eigenvalue weighted by Crippen LogP contribution is 2.33. The molecule has 0 amide bonds. The Morgan fingerprint density at radius 3 is 2.40 bits per heavy atom. The van der Waals surface area contributed by atoms with Gasteiger partial charge in [0.2, 0.25) is 0 Å². The largest absolute Gasteiger partial charge is 0.493 e. The topological polar surface area (TPSA) is 75.7 Å². The van der Waals surface area contributed by atoms with Gasteiger partial charge in [-0.3, -0.25) is 5.32 Å². The highest BCUT2D eigenvalue weighted by molar-refractivity contribution is 6.10. The molecular weight excluding hydrogens is 380 g/mol.